The Labute approximate surface area is 177 Å². The highest BCUT2D eigenvalue weighted by atomic mass is 16.7. The third kappa shape index (κ3) is 4.51. The lowest BCUT2D eigenvalue weighted by Gasteiger charge is -2.22. The van der Waals surface area contributed by atoms with Crippen LogP contribution in [0.3, 0.4) is 0 Å². The van der Waals surface area contributed by atoms with Crippen LogP contribution in [0.15, 0.2) is 66.7 Å². The monoisotopic (exact) mass is 402 g/mol. The van der Waals surface area contributed by atoms with Crippen molar-refractivity contribution < 1.29 is 14.4 Å². The van der Waals surface area contributed by atoms with Crippen LogP contribution in [0.25, 0.3) is 0 Å². The number of nitrogens with zero attached hydrogens (tertiary/aromatic N) is 2. The topological polar surface area (TPSA) is 49.9 Å². The Morgan fingerprint density at radius 3 is 1.87 bits per heavy atom. The van der Waals surface area contributed by atoms with Gasteiger partial charge in [-0.2, -0.15) is 0 Å². The van der Waals surface area contributed by atoms with Crippen molar-refractivity contribution in [1.29, 1.82) is 0 Å². The van der Waals surface area contributed by atoms with E-state index in [1.807, 2.05) is 70.1 Å². The molecule has 0 aromatic heterocycles. The van der Waals surface area contributed by atoms with Crippen LogP contribution in [0.1, 0.15) is 37.4 Å². The lowest BCUT2D eigenvalue weighted by molar-refractivity contribution is 0.0408. The van der Waals surface area contributed by atoms with Gasteiger partial charge >= 0.3 is 5.97 Å². The van der Waals surface area contributed by atoms with Gasteiger partial charge in [0.2, 0.25) is 0 Å². The summed E-state index contributed by atoms with van der Waals surface area (Å²) in [5, 5.41) is 1.06. The molecule has 0 radical (unpaired) electrons. The SMILES string of the molecule is Cc1cc(C)c(C(=O)ON(C(=O)c2ccc(N(C)C)cc2)c2ccccc2)c(C)c1. The summed E-state index contributed by atoms with van der Waals surface area (Å²) in [6.07, 6.45) is 0. The molecule has 30 heavy (non-hydrogen) atoms. The Hall–Kier alpha value is -3.60. The molecule has 0 aliphatic heterocycles. The van der Waals surface area contributed by atoms with Gasteiger partial charge in [0.25, 0.3) is 5.91 Å². The molecule has 154 valence electrons. The molecular formula is C25H26N2O3. The standard InChI is InChI=1S/C25H26N2O3/c1-17-15-18(2)23(19(3)16-17)25(29)30-27(22-9-7-6-8-10-22)24(28)20-11-13-21(14-12-20)26(4)5/h6-16H,1-5H3. The van der Waals surface area contributed by atoms with Gasteiger partial charge in [-0.15, -0.1) is 5.06 Å². The van der Waals surface area contributed by atoms with Crippen LogP contribution in [-0.4, -0.2) is 26.0 Å². The van der Waals surface area contributed by atoms with Gasteiger partial charge < -0.3 is 9.74 Å². The number of hydrogen-bond donors (Lipinski definition) is 0. The van der Waals surface area contributed by atoms with Gasteiger partial charge in [-0.1, -0.05) is 35.9 Å². The zero-order valence-corrected chi connectivity index (χ0v) is 18.0. The summed E-state index contributed by atoms with van der Waals surface area (Å²) < 4.78 is 0. The van der Waals surface area contributed by atoms with Gasteiger partial charge in [0.15, 0.2) is 0 Å². The summed E-state index contributed by atoms with van der Waals surface area (Å²) in [7, 11) is 3.86. The minimum absolute atomic E-state index is 0.415. The molecule has 5 heteroatoms. The smallest absolute Gasteiger partial charge is 0.364 e. The normalized spacial score (nSPS) is 10.4. The first-order chi connectivity index (χ1) is 14.3. The predicted molar refractivity (Wildman–Crippen MR) is 120 cm³/mol. The van der Waals surface area contributed by atoms with E-state index in [9.17, 15) is 9.59 Å². The maximum atomic E-state index is 13.3. The van der Waals surface area contributed by atoms with Crippen molar-refractivity contribution in [2.75, 3.05) is 24.1 Å². The molecule has 3 rings (SSSR count). The molecule has 0 bridgehead atoms. The highest BCUT2D eigenvalue weighted by molar-refractivity contribution is 6.07. The Kier molecular flexibility index (Phi) is 6.21. The van der Waals surface area contributed by atoms with Gasteiger partial charge in [-0.3, -0.25) is 4.79 Å². The first-order valence-electron chi connectivity index (χ1n) is 9.75. The first-order valence-corrected chi connectivity index (χ1v) is 9.75. The maximum absolute atomic E-state index is 13.3. The van der Waals surface area contributed by atoms with Crippen LogP contribution in [0.4, 0.5) is 11.4 Å². The van der Waals surface area contributed by atoms with Gasteiger partial charge in [-0.25, -0.2) is 4.79 Å². The highest BCUT2D eigenvalue weighted by Crippen LogP contribution is 2.23. The van der Waals surface area contributed by atoms with E-state index in [1.54, 1.807) is 36.4 Å². The number of aryl methyl sites for hydroxylation is 3. The van der Waals surface area contributed by atoms with E-state index in [0.717, 1.165) is 27.4 Å². The van der Waals surface area contributed by atoms with Crippen molar-refractivity contribution in [2.45, 2.75) is 20.8 Å². The lowest BCUT2D eigenvalue weighted by atomic mass is 10.0. The van der Waals surface area contributed by atoms with E-state index >= 15 is 0 Å². The molecule has 1 amide bonds. The fraction of sp³-hybridized carbons (Fsp3) is 0.200. The number of carbonyl (C=O) groups excluding carboxylic acids is 2. The first kappa shape index (κ1) is 21.1. The lowest BCUT2D eigenvalue weighted by Crippen LogP contribution is -2.34. The molecule has 0 aliphatic carbocycles. The molecular weight excluding hydrogens is 376 g/mol. The number of rotatable bonds is 4. The van der Waals surface area contributed by atoms with Crippen LogP contribution >= 0.6 is 0 Å². The molecule has 0 saturated heterocycles. The van der Waals surface area contributed by atoms with Crippen LogP contribution in [-0.2, 0) is 4.84 Å². The second-order valence-corrected chi connectivity index (χ2v) is 7.53. The second kappa shape index (κ2) is 8.82. The zero-order valence-electron chi connectivity index (χ0n) is 18.0. The van der Waals surface area contributed by atoms with Crippen molar-refractivity contribution in [3.05, 3.63) is 94.5 Å². The molecule has 0 fully saturated rings. The molecule has 0 aliphatic rings. The van der Waals surface area contributed by atoms with Crippen LogP contribution in [0.2, 0.25) is 0 Å². The average molecular weight is 402 g/mol. The quantitative estimate of drug-likeness (QED) is 0.570. The molecule has 0 spiro atoms. The fourth-order valence-corrected chi connectivity index (χ4v) is 3.42. The number of carbonyl (C=O) groups is 2. The molecule has 0 heterocycles. The highest BCUT2D eigenvalue weighted by Gasteiger charge is 2.25. The Morgan fingerprint density at radius 1 is 0.767 bits per heavy atom. The van der Waals surface area contributed by atoms with E-state index in [1.165, 1.54) is 0 Å². The maximum Gasteiger partial charge on any atom is 0.364 e. The fourth-order valence-electron chi connectivity index (χ4n) is 3.42. The van der Waals surface area contributed by atoms with Crippen molar-refractivity contribution in [2.24, 2.45) is 0 Å². The summed E-state index contributed by atoms with van der Waals surface area (Å²) in [6.45, 7) is 5.71. The number of para-hydroxylation sites is 1. The summed E-state index contributed by atoms with van der Waals surface area (Å²) in [4.78, 5) is 33.9. The third-order valence-electron chi connectivity index (χ3n) is 4.86. The van der Waals surface area contributed by atoms with E-state index in [2.05, 4.69) is 0 Å². The number of anilines is 2. The molecule has 0 atom stereocenters. The van der Waals surface area contributed by atoms with Crippen molar-refractivity contribution >= 4 is 23.3 Å². The van der Waals surface area contributed by atoms with Gasteiger partial charge in [0, 0.05) is 25.3 Å². The summed E-state index contributed by atoms with van der Waals surface area (Å²) in [5.41, 5.74) is 5.04. The van der Waals surface area contributed by atoms with Crippen molar-refractivity contribution in [3.8, 4) is 0 Å². The summed E-state index contributed by atoms with van der Waals surface area (Å²) >= 11 is 0. The van der Waals surface area contributed by atoms with Crippen LogP contribution in [0, 0.1) is 20.8 Å². The molecule has 0 unspecified atom stereocenters. The second-order valence-electron chi connectivity index (χ2n) is 7.53. The van der Waals surface area contributed by atoms with Crippen LogP contribution < -0.4 is 9.96 Å². The minimum Gasteiger partial charge on any atom is -0.378 e. The molecule has 3 aromatic rings. The minimum atomic E-state index is -0.563. The van der Waals surface area contributed by atoms with E-state index < -0.39 is 11.9 Å². The van der Waals surface area contributed by atoms with Crippen molar-refractivity contribution in [3.63, 3.8) is 0 Å². The molecule has 3 aromatic carbocycles. The number of benzene rings is 3. The number of hydroxylamine groups is 1. The summed E-state index contributed by atoms with van der Waals surface area (Å²) in [6, 6.07) is 19.9. The largest absolute Gasteiger partial charge is 0.378 e. The number of amides is 1. The molecule has 0 saturated carbocycles. The average Bonchev–Trinajstić information content (AvgIpc) is 2.71. The van der Waals surface area contributed by atoms with Gasteiger partial charge in [-0.05, 0) is 68.3 Å². The van der Waals surface area contributed by atoms with E-state index in [-0.39, 0.29) is 0 Å². The van der Waals surface area contributed by atoms with Gasteiger partial charge in [0.05, 0.1) is 11.3 Å². The number of hydrogen-bond acceptors (Lipinski definition) is 4. The molecule has 5 nitrogen and oxygen atoms in total. The Balaban J connectivity index is 1.96. The zero-order chi connectivity index (χ0) is 21.8. The van der Waals surface area contributed by atoms with Crippen LogP contribution in [0.5, 0.6) is 0 Å². The Bertz CT molecular complexity index is 1030. The third-order valence-corrected chi connectivity index (χ3v) is 4.86. The summed E-state index contributed by atoms with van der Waals surface area (Å²) in [5.74, 6) is -0.977. The Morgan fingerprint density at radius 2 is 1.33 bits per heavy atom. The predicted octanol–water partition coefficient (Wildman–Crippen LogP) is 5.10. The van der Waals surface area contributed by atoms with Crippen molar-refractivity contribution in [1.82, 2.24) is 0 Å². The van der Waals surface area contributed by atoms with E-state index in [0.29, 0.717) is 16.8 Å². The van der Waals surface area contributed by atoms with E-state index in [4.69, 9.17) is 4.84 Å². The molecule has 0 N–H and O–H groups in total. The van der Waals surface area contributed by atoms with Gasteiger partial charge in [0.1, 0.15) is 0 Å².